The molecule has 0 aliphatic rings. The van der Waals surface area contributed by atoms with E-state index < -0.39 is 17.0 Å². The van der Waals surface area contributed by atoms with Gasteiger partial charge >= 0.3 is 35.6 Å². The van der Waals surface area contributed by atoms with Crippen LogP contribution in [0, 0.1) is 0 Å². The summed E-state index contributed by atoms with van der Waals surface area (Å²) in [5, 5.41) is 12.1. The van der Waals surface area contributed by atoms with Crippen molar-refractivity contribution >= 4 is 44.0 Å². The third kappa shape index (κ3) is 8.57. The first kappa shape index (κ1) is 22.5. The quantitative estimate of drug-likeness (QED) is 0.434. The SMILES string of the molecule is COc1ccc(O)c(Pc2ccccc2C=NC(C)(C)C)c1.[Cl][Ti][Cl]. The van der Waals surface area contributed by atoms with Gasteiger partial charge in [0.25, 0.3) is 0 Å². The first-order valence-corrected chi connectivity index (χ1v) is 12.8. The van der Waals surface area contributed by atoms with Crippen LogP contribution in [0.5, 0.6) is 11.5 Å². The van der Waals surface area contributed by atoms with Gasteiger partial charge in [0.2, 0.25) is 0 Å². The van der Waals surface area contributed by atoms with Crippen LogP contribution in [0.25, 0.3) is 0 Å². The molecule has 0 aliphatic heterocycles. The average molecular weight is 434 g/mol. The first-order chi connectivity index (χ1) is 11.8. The molecule has 0 saturated carbocycles. The van der Waals surface area contributed by atoms with Gasteiger partial charge in [-0.15, -0.1) is 0 Å². The number of phenolic OH excluding ortho intramolecular Hbond substituents is 1. The van der Waals surface area contributed by atoms with Gasteiger partial charge in [-0.3, -0.25) is 4.99 Å². The average Bonchev–Trinajstić information content (AvgIpc) is 2.56. The Kier molecular flexibility index (Phi) is 10.1. The van der Waals surface area contributed by atoms with Crippen molar-refractivity contribution in [2.24, 2.45) is 4.99 Å². The summed E-state index contributed by atoms with van der Waals surface area (Å²) in [6, 6.07) is 13.4. The molecule has 1 N–H and O–H groups in total. The van der Waals surface area contributed by atoms with Gasteiger partial charge in [-0.05, 0) is 44.3 Å². The summed E-state index contributed by atoms with van der Waals surface area (Å²) in [5.41, 5.74) is 0.979. The van der Waals surface area contributed by atoms with E-state index in [1.54, 1.807) is 19.2 Å². The molecule has 1 atom stereocenters. The van der Waals surface area contributed by atoms with E-state index in [2.05, 4.69) is 37.9 Å². The number of halogens is 2. The van der Waals surface area contributed by atoms with E-state index in [1.165, 1.54) is 0 Å². The van der Waals surface area contributed by atoms with E-state index in [-0.39, 0.29) is 5.54 Å². The second-order valence-electron chi connectivity index (χ2n) is 6.10. The van der Waals surface area contributed by atoms with E-state index >= 15 is 0 Å². The number of ether oxygens (including phenoxy) is 1. The van der Waals surface area contributed by atoms with Crippen molar-refractivity contribution in [3.63, 3.8) is 0 Å². The molecule has 7 heteroatoms. The Balaban J connectivity index is 0.000000970. The molecule has 2 aromatic rings. The van der Waals surface area contributed by atoms with Gasteiger partial charge in [0, 0.05) is 17.1 Å². The predicted octanol–water partition coefficient (Wildman–Crippen LogP) is 4.62. The van der Waals surface area contributed by atoms with Crippen LogP contribution in [0.15, 0.2) is 47.5 Å². The van der Waals surface area contributed by atoms with Crippen LogP contribution in [0.2, 0.25) is 0 Å². The van der Waals surface area contributed by atoms with Crippen LogP contribution in [-0.4, -0.2) is 24.0 Å². The van der Waals surface area contributed by atoms with Crippen LogP contribution in [0.1, 0.15) is 26.3 Å². The standard InChI is InChI=1S/C18H22NO2P.2ClH.Ti/c1-18(2,3)19-12-13-7-5-6-8-16(13)22-17-11-14(21-4)9-10-15(17)20;;;/h5-12,20,22H,1-4H3;2*1H;/q;;;+2/p-2. The molecule has 2 aromatic carbocycles. The third-order valence-corrected chi connectivity index (χ3v) is 4.42. The summed E-state index contributed by atoms with van der Waals surface area (Å²) >= 11 is -0.556. The zero-order chi connectivity index (χ0) is 18.9. The van der Waals surface area contributed by atoms with Crippen molar-refractivity contribution < 1.29 is 26.9 Å². The summed E-state index contributed by atoms with van der Waals surface area (Å²) in [4.78, 5) is 4.58. The predicted molar refractivity (Wildman–Crippen MR) is 108 cm³/mol. The van der Waals surface area contributed by atoms with E-state index in [0.717, 1.165) is 21.9 Å². The van der Waals surface area contributed by atoms with Crippen LogP contribution >= 0.6 is 27.2 Å². The number of benzene rings is 2. The second kappa shape index (κ2) is 11.2. The molecular formula is C18H22Cl2NO2PTi. The Labute approximate surface area is 168 Å². The third-order valence-electron chi connectivity index (χ3n) is 3.02. The summed E-state index contributed by atoms with van der Waals surface area (Å²) in [5.74, 6) is 1.04. The molecule has 0 aromatic heterocycles. The van der Waals surface area contributed by atoms with Crippen molar-refractivity contribution in [3.05, 3.63) is 48.0 Å². The fourth-order valence-corrected chi connectivity index (χ4v) is 3.06. The molecule has 0 heterocycles. The molecule has 1 unspecified atom stereocenters. The Morgan fingerprint density at radius 1 is 1.12 bits per heavy atom. The summed E-state index contributed by atoms with van der Waals surface area (Å²) in [7, 11) is 11.8. The number of phenols is 1. The summed E-state index contributed by atoms with van der Waals surface area (Å²) in [6.07, 6.45) is 1.92. The molecule has 0 fully saturated rings. The maximum atomic E-state index is 10.1. The number of methoxy groups -OCH3 is 1. The molecule has 0 aliphatic carbocycles. The van der Waals surface area contributed by atoms with Gasteiger partial charge < -0.3 is 9.84 Å². The molecule has 0 saturated heterocycles. The van der Waals surface area contributed by atoms with Crippen LogP contribution in [0.4, 0.5) is 0 Å². The van der Waals surface area contributed by atoms with Crippen molar-refractivity contribution in [3.8, 4) is 11.5 Å². The minimum absolute atomic E-state index is 0.103. The minimum atomic E-state index is -0.556. The van der Waals surface area contributed by atoms with Crippen LogP contribution < -0.4 is 15.3 Å². The number of aromatic hydroxyl groups is 1. The first-order valence-electron chi connectivity index (χ1n) is 7.55. The molecule has 134 valence electrons. The molecule has 0 bridgehead atoms. The number of hydrogen-bond donors (Lipinski definition) is 1. The van der Waals surface area contributed by atoms with Crippen molar-refractivity contribution in [1.29, 1.82) is 0 Å². The Bertz CT molecular complexity index is 706. The fraction of sp³-hybridized carbons (Fsp3) is 0.278. The van der Waals surface area contributed by atoms with Crippen molar-refractivity contribution in [2.45, 2.75) is 26.3 Å². The second-order valence-corrected chi connectivity index (χ2v) is 10.0. The van der Waals surface area contributed by atoms with Gasteiger partial charge in [-0.2, -0.15) is 0 Å². The van der Waals surface area contributed by atoms with E-state index in [1.807, 2.05) is 24.4 Å². The van der Waals surface area contributed by atoms with E-state index in [4.69, 9.17) is 23.3 Å². The van der Waals surface area contributed by atoms with E-state index in [0.29, 0.717) is 14.3 Å². The zero-order valence-corrected chi connectivity index (χ0v) is 18.8. The maximum absolute atomic E-state index is 10.1. The summed E-state index contributed by atoms with van der Waals surface area (Å²) < 4.78 is 5.24. The van der Waals surface area contributed by atoms with Crippen molar-refractivity contribution in [1.82, 2.24) is 0 Å². The molecule has 3 nitrogen and oxygen atoms in total. The zero-order valence-electron chi connectivity index (χ0n) is 14.7. The molecule has 2 rings (SSSR count). The topological polar surface area (TPSA) is 41.8 Å². The van der Waals surface area contributed by atoms with E-state index in [9.17, 15) is 5.11 Å². The van der Waals surface area contributed by atoms with Crippen LogP contribution in [-0.2, 0) is 17.0 Å². The fourth-order valence-electron chi connectivity index (χ4n) is 1.87. The van der Waals surface area contributed by atoms with Gasteiger partial charge in [-0.1, -0.05) is 32.8 Å². The molecular weight excluding hydrogens is 412 g/mol. The van der Waals surface area contributed by atoms with Gasteiger partial charge in [0.1, 0.15) is 11.5 Å². The number of rotatable bonds is 4. The monoisotopic (exact) mass is 433 g/mol. The molecule has 0 spiro atoms. The molecule has 25 heavy (non-hydrogen) atoms. The Morgan fingerprint density at radius 2 is 1.76 bits per heavy atom. The Hall–Kier alpha value is -0.566. The van der Waals surface area contributed by atoms with Crippen molar-refractivity contribution in [2.75, 3.05) is 7.11 Å². The summed E-state index contributed by atoms with van der Waals surface area (Å²) in [6.45, 7) is 6.22. The molecule has 0 amide bonds. The molecule has 0 radical (unpaired) electrons. The number of hydrogen-bond acceptors (Lipinski definition) is 3. The van der Waals surface area contributed by atoms with Crippen LogP contribution in [0.3, 0.4) is 0 Å². The Morgan fingerprint density at radius 3 is 2.36 bits per heavy atom. The van der Waals surface area contributed by atoms with Gasteiger partial charge in [0.05, 0.1) is 12.6 Å². The normalized spacial score (nSPS) is 11.4. The van der Waals surface area contributed by atoms with Gasteiger partial charge in [0.15, 0.2) is 0 Å². The number of nitrogens with zero attached hydrogens (tertiary/aromatic N) is 1. The van der Waals surface area contributed by atoms with Gasteiger partial charge in [-0.25, -0.2) is 0 Å². The number of aliphatic imine (C=N–C) groups is 1.